The summed E-state index contributed by atoms with van der Waals surface area (Å²) in [6, 6.07) is 0.00657. The van der Waals surface area contributed by atoms with E-state index in [0.717, 1.165) is 0 Å². The van der Waals surface area contributed by atoms with Crippen LogP contribution in [0.15, 0.2) is 24.8 Å². The zero-order valence-corrected chi connectivity index (χ0v) is 9.60. The van der Waals surface area contributed by atoms with E-state index in [4.69, 9.17) is 15.6 Å². The normalized spacial score (nSPS) is 23.6. The summed E-state index contributed by atoms with van der Waals surface area (Å²) in [5.41, 5.74) is 7.01. The van der Waals surface area contributed by atoms with Crippen LogP contribution in [0.4, 0.5) is 5.82 Å². The number of ether oxygens (including phenoxy) is 1. The lowest BCUT2D eigenvalue weighted by Gasteiger charge is -2.23. The minimum absolute atomic E-state index is 0.00657. The smallest absolute Gasteiger partial charge is 0.166 e. The fourth-order valence-electron chi connectivity index (χ4n) is 1.98. The van der Waals surface area contributed by atoms with Crippen LogP contribution in [0, 0.1) is 0 Å². The van der Waals surface area contributed by atoms with Gasteiger partial charge in [-0.1, -0.05) is 12.2 Å². The number of rotatable bonds is 2. The molecule has 3 rings (SSSR count). The minimum Gasteiger partial charge on any atom is -0.393 e. The zero-order valence-electron chi connectivity index (χ0n) is 9.60. The standard InChI is InChI=1S/C11H13N5O2/c12-10-9-11(14-5-13-10)16(6-15-9)7-1-2-8(3-17)18-4-7/h1-2,5-8,17H,3-4H2,(H2,12,13,14)/t7-,8-/m0/s1. The maximum absolute atomic E-state index is 8.98. The Morgan fingerprint density at radius 3 is 3.00 bits per heavy atom. The van der Waals surface area contributed by atoms with Crippen LogP contribution in [-0.2, 0) is 4.74 Å². The molecule has 2 aromatic rings. The fourth-order valence-corrected chi connectivity index (χ4v) is 1.98. The van der Waals surface area contributed by atoms with Gasteiger partial charge in [0.2, 0.25) is 0 Å². The van der Waals surface area contributed by atoms with Crippen molar-refractivity contribution in [3.05, 3.63) is 24.8 Å². The number of fused-ring (bicyclic) bond motifs is 1. The monoisotopic (exact) mass is 247 g/mol. The molecule has 0 saturated heterocycles. The van der Waals surface area contributed by atoms with Crippen molar-refractivity contribution in [2.75, 3.05) is 18.9 Å². The molecule has 0 fully saturated rings. The number of hydrogen-bond donors (Lipinski definition) is 2. The Morgan fingerprint density at radius 2 is 2.28 bits per heavy atom. The summed E-state index contributed by atoms with van der Waals surface area (Å²) >= 11 is 0. The van der Waals surface area contributed by atoms with Crippen molar-refractivity contribution in [3.63, 3.8) is 0 Å². The van der Waals surface area contributed by atoms with Crippen LogP contribution in [0.2, 0.25) is 0 Å². The summed E-state index contributed by atoms with van der Waals surface area (Å²) in [6.07, 6.45) is 6.68. The van der Waals surface area contributed by atoms with Crippen molar-refractivity contribution in [2.24, 2.45) is 0 Å². The molecule has 0 spiro atoms. The number of nitrogen functional groups attached to an aromatic ring is 1. The van der Waals surface area contributed by atoms with E-state index in [-0.39, 0.29) is 18.8 Å². The predicted octanol–water partition coefficient (Wildman–Crippen LogP) is -0.103. The molecule has 18 heavy (non-hydrogen) atoms. The van der Waals surface area contributed by atoms with Gasteiger partial charge in [-0.2, -0.15) is 0 Å². The third kappa shape index (κ3) is 1.73. The van der Waals surface area contributed by atoms with Gasteiger partial charge in [0.25, 0.3) is 0 Å². The topological polar surface area (TPSA) is 99.1 Å². The third-order valence-corrected chi connectivity index (χ3v) is 2.95. The first-order chi connectivity index (χ1) is 8.79. The van der Waals surface area contributed by atoms with Gasteiger partial charge in [-0.05, 0) is 0 Å². The van der Waals surface area contributed by atoms with Gasteiger partial charge < -0.3 is 20.1 Å². The average Bonchev–Trinajstić information content (AvgIpc) is 2.84. The van der Waals surface area contributed by atoms with E-state index in [1.54, 1.807) is 6.33 Å². The fraction of sp³-hybridized carbons (Fsp3) is 0.364. The quantitative estimate of drug-likeness (QED) is 0.719. The van der Waals surface area contributed by atoms with Crippen LogP contribution in [0.25, 0.3) is 11.2 Å². The Hall–Kier alpha value is -1.99. The molecule has 0 saturated carbocycles. The predicted molar refractivity (Wildman–Crippen MR) is 64.7 cm³/mol. The van der Waals surface area contributed by atoms with E-state index in [0.29, 0.717) is 23.6 Å². The van der Waals surface area contributed by atoms with Crippen molar-refractivity contribution in [1.29, 1.82) is 0 Å². The number of hydrogen-bond acceptors (Lipinski definition) is 6. The molecule has 1 aliphatic heterocycles. The lowest BCUT2D eigenvalue weighted by atomic mass is 10.2. The largest absolute Gasteiger partial charge is 0.393 e. The summed E-state index contributed by atoms with van der Waals surface area (Å²) in [7, 11) is 0. The average molecular weight is 247 g/mol. The SMILES string of the molecule is Nc1ncnc2c1ncn2[C@H]1C=C[C@@H](CO)OC1. The Morgan fingerprint density at radius 1 is 1.39 bits per heavy atom. The van der Waals surface area contributed by atoms with Crippen LogP contribution in [0.1, 0.15) is 6.04 Å². The number of aliphatic hydroxyl groups excluding tert-OH is 1. The molecule has 0 amide bonds. The molecule has 0 aliphatic carbocycles. The highest BCUT2D eigenvalue weighted by molar-refractivity contribution is 5.81. The molecule has 0 radical (unpaired) electrons. The van der Waals surface area contributed by atoms with E-state index in [9.17, 15) is 0 Å². The maximum Gasteiger partial charge on any atom is 0.166 e. The van der Waals surface area contributed by atoms with Crippen molar-refractivity contribution >= 4 is 17.0 Å². The molecule has 2 atom stereocenters. The van der Waals surface area contributed by atoms with E-state index >= 15 is 0 Å². The molecular formula is C11H13N5O2. The van der Waals surface area contributed by atoms with Gasteiger partial charge in [0.15, 0.2) is 11.5 Å². The van der Waals surface area contributed by atoms with Crippen LogP contribution in [0.5, 0.6) is 0 Å². The van der Waals surface area contributed by atoms with Gasteiger partial charge in [-0.3, -0.25) is 0 Å². The minimum atomic E-state index is -0.226. The van der Waals surface area contributed by atoms with E-state index in [2.05, 4.69) is 15.0 Å². The van der Waals surface area contributed by atoms with Crippen LogP contribution < -0.4 is 5.73 Å². The van der Waals surface area contributed by atoms with Gasteiger partial charge in [-0.25, -0.2) is 15.0 Å². The number of anilines is 1. The molecule has 0 aromatic carbocycles. The Bertz CT molecular complexity index is 594. The molecule has 2 aromatic heterocycles. The summed E-state index contributed by atoms with van der Waals surface area (Å²) in [5.74, 6) is 0.368. The lowest BCUT2D eigenvalue weighted by Crippen LogP contribution is -2.25. The van der Waals surface area contributed by atoms with E-state index < -0.39 is 0 Å². The van der Waals surface area contributed by atoms with Gasteiger partial charge in [-0.15, -0.1) is 0 Å². The number of aliphatic hydroxyl groups is 1. The first-order valence-electron chi connectivity index (χ1n) is 5.63. The zero-order chi connectivity index (χ0) is 12.5. The first-order valence-corrected chi connectivity index (χ1v) is 5.63. The van der Waals surface area contributed by atoms with Crippen molar-refractivity contribution < 1.29 is 9.84 Å². The summed E-state index contributed by atoms with van der Waals surface area (Å²) < 4.78 is 7.37. The molecule has 3 N–H and O–H groups in total. The van der Waals surface area contributed by atoms with Crippen molar-refractivity contribution in [1.82, 2.24) is 19.5 Å². The van der Waals surface area contributed by atoms with E-state index in [1.165, 1.54) is 6.33 Å². The van der Waals surface area contributed by atoms with Crippen molar-refractivity contribution in [2.45, 2.75) is 12.1 Å². The summed E-state index contributed by atoms with van der Waals surface area (Å²) in [6.45, 7) is 0.458. The van der Waals surface area contributed by atoms with E-state index in [1.807, 2.05) is 16.7 Å². The highest BCUT2D eigenvalue weighted by Gasteiger charge is 2.19. The molecule has 94 valence electrons. The second-order valence-corrected chi connectivity index (χ2v) is 4.09. The molecule has 1 aliphatic rings. The number of aromatic nitrogens is 4. The van der Waals surface area contributed by atoms with Gasteiger partial charge in [0.1, 0.15) is 11.8 Å². The van der Waals surface area contributed by atoms with Crippen molar-refractivity contribution in [3.8, 4) is 0 Å². The molecule has 0 bridgehead atoms. The van der Waals surface area contributed by atoms with Gasteiger partial charge in [0, 0.05) is 0 Å². The second-order valence-electron chi connectivity index (χ2n) is 4.09. The Balaban J connectivity index is 1.98. The van der Waals surface area contributed by atoms with Crippen LogP contribution in [0.3, 0.4) is 0 Å². The summed E-state index contributed by atoms with van der Waals surface area (Å²) in [5, 5.41) is 8.98. The molecule has 7 heteroatoms. The highest BCUT2D eigenvalue weighted by Crippen LogP contribution is 2.22. The third-order valence-electron chi connectivity index (χ3n) is 2.95. The maximum atomic E-state index is 8.98. The molecule has 3 heterocycles. The van der Waals surface area contributed by atoms with Crippen LogP contribution >= 0.6 is 0 Å². The number of nitrogens with zero attached hydrogens (tertiary/aromatic N) is 4. The highest BCUT2D eigenvalue weighted by atomic mass is 16.5. The Labute approximate surface area is 103 Å². The lowest BCUT2D eigenvalue weighted by molar-refractivity contribution is 0.0229. The Kier molecular flexibility index (Phi) is 2.69. The van der Waals surface area contributed by atoms with Crippen LogP contribution in [-0.4, -0.2) is 43.9 Å². The molecule has 7 nitrogen and oxygen atoms in total. The van der Waals surface area contributed by atoms with Gasteiger partial charge in [0.05, 0.1) is 31.7 Å². The molecule has 0 unspecified atom stereocenters. The first kappa shape index (κ1) is 11.1. The second kappa shape index (κ2) is 4.35. The summed E-state index contributed by atoms with van der Waals surface area (Å²) in [4.78, 5) is 12.3. The molecular weight excluding hydrogens is 234 g/mol. The number of nitrogens with two attached hydrogens (primary N) is 1. The van der Waals surface area contributed by atoms with Gasteiger partial charge >= 0.3 is 0 Å². The number of imidazole rings is 1.